The van der Waals surface area contributed by atoms with E-state index in [0.29, 0.717) is 24.4 Å². The molecule has 3 N–H and O–H groups in total. The van der Waals surface area contributed by atoms with Gasteiger partial charge in [0, 0.05) is 12.6 Å². The van der Waals surface area contributed by atoms with Crippen LogP contribution in [0.1, 0.15) is 46.0 Å². The number of carbonyl (C=O) groups excluding carboxylic acids is 1. The maximum absolute atomic E-state index is 11.9. The molecular weight excluding hydrogens is 252 g/mol. The Morgan fingerprint density at radius 3 is 2.44 bits per heavy atom. The van der Waals surface area contributed by atoms with Crippen molar-refractivity contribution in [3.05, 3.63) is 0 Å². The molecule has 5 heteroatoms. The molecule has 1 aliphatic carbocycles. The van der Waals surface area contributed by atoms with Gasteiger partial charge in [0.05, 0.1) is 12.1 Å². The van der Waals surface area contributed by atoms with Crippen LogP contribution < -0.4 is 10.6 Å². The predicted octanol–water partition coefficient (Wildman–Crippen LogP) is 1.22. The molecule has 0 aromatic carbocycles. The summed E-state index contributed by atoms with van der Waals surface area (Å²) in [6.07, 6.45) is 4.69. The molecular formula is C13H25ClN2O2. The normalized spacial score (nSPS) is 31.7. The van der Waals surface area contributed by atoms with Crippen molar-refractivity contribution in [2.75, 3.05) is 6.54 Å². The summed E-state index contributed by atoms with van der Waals surface area (Å²) < 4.78 is 0. The molecule has 1 saturated heterocycles. The Labute approximate surface area is 115 Å². The van der Waals surface area contributed by atoms with Gasteiger partial charge in [0.1, 0.15) is 0 Å². The maximum Gasteiger partial charge on any atom is 0.237 e. The third kappa shape index (κ3) is 4.11. The van der Waals surface area contributed by atoms with E-state index < -0.39 is 0 Å². The fraction of sp³-hybridized carbons (Fsp3) is 0.923. The molecule has 0 aromatic rings. The minimum absolute atomic E-state index is 0. The first-order chi connectivity index (χ1) is 7.96. The first-order valence-corrected chi connectivity index (χ1v) is 6.68. The van der Waals surface area contributed by atoms with E-state index in [0.717, 1.165) is 12.8 Å². The largest absolute Gasteiger partial charge is 0.392 e. The van der Waals surface area contributed by atoms with Gasteiger partial charge in [-0.25, -0.2) is 0 Å². The maximum atomic E-state index is 11.9. The molecule has 18 heavy (non-hydrogen) atoms. The van der Waals surface area contributed by atoms with E-state index in [1.807, 2.05) is 0 Å². The van der Waals surface area contributed by atoms with Crippen LogP contribution in [0.4, 0.5) is 0 Å². The Morgan fingerprint density at radius 1 is 1.33 bits per heavy atom. The second-order valence-corrected chi connectivity index (χ2v) is 6.30. The highest BCUT2D eigenvalue weighted by Gasteiger charge is 2.32. The molecule has 1 amide bonds. The lowest BCUT2D eigenvalue weighted by atomic mass is 9.75. The van der Waals surface area contributed by atoms with Gasteiger partial charge in [0.15, 0.2) is 0 Å². The first kappa shape index (κ1) is 15.7. The average Bonchev–Trinajstić information content (AvgIpc) is 2.68. The van der Waals surface area contributed by atoms with Crippen molar-refractivity contribution < 1.29 is 9.90 Å². The van der Waals surface area contributed by atoms with Crippen molar-refractivity contribution in [2.24, 2.45) is 5.41 Å². The zero-order valence-corrected chi connectivity index (χ0v) is 12.1. The van der Waals surface area contributed by atoms with Crippen LogP contribution in [0.5, 0.6) is 0 Å². The highest BCUT2D eigenvalue weighted by Crippen LogP contribution is 2.35. The van der Waals surface area contributed by atoms with Gasteiger partial charge in [-0.15, -0.1) is 12.4 Å². The lowest BCUT2D eigenvalue weighted by Crippen LogP contribution is -2.46. The molecule has 1 saturated carbocycles. The number of hydrogen-bond donors (Lipinski definition) is 3. The molecule has 1 heterocycles. The number of rotatable bonds is 2. The number of halogens is 1. The molecule has 2 unspecified atom stereocenters. The Balaban J connectivity index is 0.00000162. The minimum Gasteiger partial charge on any atom is -0.392 e. The Kier molecular flexibility index (Phi) is 5.44. The van der Waals surface area contributed by atoms with E-state index in [1.165, 1.54) is 12.8 Å². The number of amides is 1. The molecule has 0 spiro atoms. The van der Waals surface area contributed by atoms with E-state index in [1.54, 1.807) is 0 Å². The van der Waals surface area contributed by atoms with Crippen molar-refractivity contribution >= 4 is 18.3 Å². The number of nitrogens with one attached hydrogen (secondary N) is 2. The van der Waals surface area contributed by atoms with E-state index >= 15 is 0 Å². The quantitative estimate of drug-likeness (QED) is 0.711. The summed E-state index contributed by atoms with van der Waals surface area (Å²) in [5, 5.41) is 15.5. The number of β-amino-alcohol motifs (C(OH)–C–C–N with tert-alkyl or cyclic N) is 1. The van der Waals surface area contributed by atoms with E-state index in [-0.39, 0.29) is 30.5 Å². The molecule has 1 aliphatic heterocycles. The summed E-state index contributed by atoms with van der Waals surface area (Å²) in [5.74, 6) is 0.0613. The molecule has 2 atom stereocenters. The topological polar surface area (TPSA) is 61.4 Å². The Bertz CT molecular complexity index is 287. The lowest BCUT2D eigenvalue weighted by Gasteiger charge is -2.35. The van der Waals surface area contributed by atoms with Gasteiger partial charge in [0.2, 0.25) is 5.91 Å². The summed E-state index contributed by atoms with van der Waals surface area (Å²) in [6.45, 7) is 5.12. The smallest absolute Gasteiger partial charge is 0.237 e. The van der Waals surface area contributed by atoms with Crippen molar-refractivity contribution in [1.29, 1.82) is 0 Å². The summed E-state index contributed by atoms with van der Waals surface area (Å²) in [7, 11) is 0. The van der Waals surface area contributed by atoms with Gasteiger partial charge in [-0.3, -0.25) is 4.79 Å². The molecule has 0 radical (unpaired) electrons. The minimum atomic E-state index is -0.365. The van der Waals surface area contributed by atoms with Crippen LogP contribution in [0, 0.1) is 5.41 Å². The van der Waals surface area contributed by atoms with Gasteiger partial charge in [-0.2, -0.15) is 0 Å². The van der Waals surface area contributed by atoms with Crippen LogP contribution >= 0.6 is 12.4 Å². The van der Waals surface area contributed by atoms with Gasteiger partial charge in [-0.05, 0) is 37.5 Å². The number of aliphatic hydroxyl groups is 1. The highest BCUT2D eigenvalue weighted by molar-refractivity contribution is 5.85. The monoisotopic (exact) mass is 276 g/mol. The van der Waals surface area contributed by atoms with Crippen LogP contribution in [0.25, 0.3) is 0 Å². The molecule has 4 nitrogen and oxygen atoms in total. The average molecular weight is 277 g/mol. The molecule has 2 aliphatic rings. The zero-order valence-electron chi connectivity index (χ0n) is 11.2. The van der Waals surface area contributed by atoms with Gasteiger partial charge < -0.3 is 15.7 Å². The molecule has 2 fully saturated rings. The van der Waals surface area contributed by atoms with Gasteiger partial charge in [0.25, 0.3) is 0 Å². The number of carbonyl (C=O) groups is 1. The Hall–Kier alpha value is -0.320. The number of hydrogen-bond acceptors (Lipinski definition) is 3. The zero-order chi connectivity index (χ0) is 12.5. The van der Waals surface area contributed by atoms with Crippen LogP contribution in [0.15, 0.2) is 0 Å². The molecule has 0 aromatic heterocycles. The van der Waals surface area contributed by atoms with Crippen molar-refractivity contribution in [3.63, 3.8) is 0 Å². The Morgan fingerprint density at radius 2 is 1.94 bits per heavy atom. The van der Waals surface area contributed by atoms with Crippen LogP contribution in [-0.4, -0.2) is 35.7 Å². The second-order valence-electron chi connectivity index (χ2n) is 6.30. The third-order valence-corrected chi connectivity index (χ3v) is 4.11. The number of aliphatic hydroxyl groups excluding tert-OH is 1. The van der Waals surface area contributed by atoms with Crippen molar-refractivity contribution in [2.45, 2.75) is 64.1 Å². The highest BCUT2D eigenvalue weighted by atomic mass is 35.5. The summed E-state index contributed by atoms with van der Waals surface area (Å²) in [5.41, 5.74) is 0.434. The molecule has 106 valence electrons. The van der Waals surface area contributed by atoms with Crippen molar-refractivity contribution in [3.8, 4) is 0 Å². The summed E-state index contributed by atoms with van der Waals surface area (Å²) in [4.78, 5) is 11.9. The van der Waals surface area contributed by atoms with Crippen LogP contribution in [0.3, 0.4) is 0 Å². The van der Waals surface area contributed by atoms with Crippen molar-refractivity contribution in [1.82, 2.24) is 10.6 Å². The third-order valence-electron chi connectivity index (χ3n) is 4.11. The van der Waals surface area contributed by atoms with E-state index in [2.05, 4.69) is 24.5 Å². The summed E-state index contributed by atoms with van der Waals surface area (Å²) in [6, 6.07) is 0.134. The van der Waals surface area contributed by atoms with E-state index in [9.17, 15) is 9.90 Å². The SMILES string of the molecule is CC1(C)CCC(NC(=O)C2CC(O)CN2)CC1.Cl. The fourth-order valence-corrected chi connectivity index (χ4v) is 2.76. The van der Waals surface area contributed by atoms with E-state index in [4.69, 9.17) is 0 Å². The fourth-order valence-electron chi connectivity index (χ4n) is 2.76. The molecule has 0 bridgehead atoms. The van der Waals surface area contributed by atoms with Crippen LogP contribution in [0.2, 0.25) is 0 Å². The summed E-state index contributed by atoms with van der Waals surface area (Å²) >= 11 is 0. The lowest BCUT2D eigenvalue weighted by molar-refractivity contribution is -0.124. The van der Waals surface area contributed by atoms with Crippen LogP contribution in [-0.2, 0) is 4.79 Å². The second kappa shape index (κ2) is 6.22. The predicted molar refractivity (Wildman–Crippen MR) is 73.8 cm³/mol. The van der Waals surface area contributed by atoms with Gasteiger partial charge in [-0.1, -0.05) is 13.8 Å². The van der Waals surface area contributed by atoms with Gasteiger partial charge >= 0.3 is 0 Å². The molecule has 2 rings (SSSR count). The first-order valence-electron chi connectivity index (χ1n) is 6.68. The standard InChI is InChI=1S/C13H24N2O2.ClH/c1-13(2)5-3-9(4-6-13)15-12(17)11-7-10(16)8-14-11;/h9-11,14,16H,3-8H2,1-2H3,(H,15,17);1H.